The van der Waals surface area contributed by atoms with E-state index in [-0.39, 0.29) is 11.3 Å². The first-order chi connectivity index (χ1) is 20.9. The van der Waals surface area contributed by atoms with Crippen LogP contribution in [0.3, 0.4) is 0 Å². The van der Waals surface area contributed by atoms with Crippen molar-refractivity contribution in [3.05, 3.63) is 83.8 Å². The van der Waals surface area contributed by atoms with Crippen molar-refractivity contribution < 1.29 is 4.79 Å². The number of amides is 1. The Morgan fingerprint density at radius 2 is 1.59 bits per heavy atom. The molecular formula is C37H54N6O. The number of piperazine rings is 1. The summed E-state index contributed by atoms with van der Waals surface area (Å²) in [6, 6.07) is 12.7. The van der Waals surface area contributed by atoms with Gasteiger partial charge in [0.2, 0.25) is 0 Å². The van der Waals surface area contributed by atoms with Gasteiger partial charge in [-0.2, -0.15) is 0 Å². The molecule has 2 aliphatic heterocycles. The number of nitrogens with zero attached hydrogens (tertiary/aromatic N) is 4. The average Bonchev–Trinajstić information content (AvgIpc) is 3.59. The maximum atomic E-state index is 13.7. The summed E-state index contributed by atoms with van der Waals surface area (Å²) >= 11 is 0. The lowest BCUT2D eigenvalue weighted by Gasteiger charge is -2.34. The first-order valence-corrected chi connectivity index (χ1v) is 16.2. The second-order valence-electron chi connectivity index (χ2n) is 13.5. The highest BCUT2D eigenvalue weighted by Gasteiger charge is 2.22. The Labute approximate surface area is 265 Å². The van der Waals surface area contributed by atoms with Crippen molar-refractivity contribution in [2.24, 2.45) is 7.05 Å². The zero-order chi connectivity index (χ0) is 32.0. The third-order valence-electron chi connectivity index (χ3n) is 8.83. The number of rotatable bonds is 8. The van der Waals surface area contributed by atoms with Crippen LogP contribution in [0.4, 0.5) is 11.4 Å². The van der Waals surface area contributed by atoms with E-state index in [2.05, 4.69) is 104 Å². The van der Waals surface area contributed by atoms with Gasteiger partial charge >= 0.3 is 0 Å². The average molecular weight is 599 g/mol. The van der Waals surface area contributed by atoms with Crippen molar-refractivity contribution in [2.75, 3.05) is 56.9 Å². The normalized spacial score (nSPS) is 16.0. The fourth-order valence-corrected chi connectivity index (χ4v) is 6.19. The van der Waals surface area contributed by atoms with Gasteiger partial charge in [0, 0.05) is 62.2 Å². The second-order valence-corrected chi connectivity index (χ2v) is 13.5. The van der Waals surface area contributed by atoms with Crippen molar-refractivity contribution in [2.45, 2.75) is 65.8 Å². The summed E-state index contributed by atoms with van der Waals surface area (Å²) in [5.74, 6) is -0.101. The minimum atomic E-state index is -0.101. The zero-order valence-corrected chi connectivity index (χ0v) is 28.2. The molecule has 1 amide bonds. The molecule has 0 radical (unpaired) electrons. The van der Waals surface area contributed by atoms with Crippen molar-refractivity contribution >= 4 is 28.2 Å². The Kier molecular flexibility index (Phi) is 11.0. The third-order valence-corrected chi connectivity index (χ3v) is 8.83. The molecule has 7 nitrogen and oxygen atoms in total. The topological polar surface area (TPSA) is 55.8 Å². The molecule has 2 fully saturated rings. The van der Waals surface area contributed by atoms with Gasteiger partial charge in [-0.25, -0.2) is 0 Å². The van der Waals surface area contributed by atoms with E-state index in [1.54, 1.807) is 0 Å². The van der Waals surface area contributed by atoms with E-state index >= 15 is 0 Å². The van der Waals surface area contributed by atoms with Crippen LogP contribution in [0.25, 0.3) is 10.9 Å². The van der Waals surface area contributed by atoms with Crippen LogP contribution in [0.2, 0.25) is 0 Å². The Bertz CT molecular complexity index is 1470. The molecule has 2 N–H and O–H groups in total. The minimum absolute atomic E-state index is 0.0665. The summed E-state index contributed by atoms with van der Waals surface area (Å²) in [6.45, 7) is 26.1. The number of benzene rings is 2. The number of carbonyl (C=O) groups excluding carboxylic acids is 1. The Morgan fingerprint density at radius 3 is 2.11 bits per heavy atom. The summed E-state index contributed by atoms with van der Waals surface area (Å²) in [5, 5.41) is 7.76. The molecular weight excluding hydrogens is 544 g/mol. The second kappa shape index (κ2) is 14.5. The van der Waals surface area contributed by atoms with E-state index in [0.29, 0.717) is 5.69 Å². The molecule has 5 rings (SSSR count). The highest BCUT2D eigenvalue weighted by molar-refractivity contribution is 6.07. The predicted octanol–water partition coefficient (Wildman–Crippen LogP) is 7.21. The summed E-state index contributed by atoms with van der Waals surface area (Å²) in [6.07, 6.45) is 5.54. The maximum absolute atomic E-state index is 13.7. The molecule has 3 heterocycles. The molecule has 238 valence electrons. The summed E-state index contributed by atoms with van der Waals surface area (Å²) < 4.78 is 2.05. The van der Waals surface area contributed by atoms with E-state index in [1.165, 1.54) is 31.5 Å². The quantitative estimate of drug-likeness (QED) is 0.287. The first-order valence-electron chi connectivity index (χ1n) is 16.2. The number of aryl methyl sites for hydroxylation is 1. The van der Waals surface area contributed by atoms with Crippen LogP contribution >= 0.6 is 0 Å². The van der Waals surface area contributed by atoms with E-state index in [1.807, 2.05) is 30.8 Å². The Morgan fingerprint density at radius 1 is 0.955 bits per heavy atom. The van der Waals surface area contributed by atoms with Crippen molar-refractivity contribution in [3.8, 4) is 0 Å². The van der Waals surface area contributed by atoms with Crippen LogP contribution in [-0.4, -0.2) is 71.5 Å². The first kappa shape index (κ1) is 33.3. The molecule has 2 aromatic carbocycles. The highest BCUT2D eigenvalue weighted by atomic mass is 16.2. The molecule has 44 heavy (non-hydrogen) atoms. The molecule has 0 atom stereocenters. The molecule has 2 saturated heterocycles. The van der Waals surface area contributed by atoms with E-state index in [9.17, 15) is 4.79 Å². The summed E-state index contributed by atoms with van der Waals surface area (Å²) in [7, 11) is 4.17. The molecule has 1 aromatic heterocycles. The van der Waals surface area contributed by atoms with Gasteiger partial charge in [0.15, 0.2) is 0 Å². The number of hydrogen-bond donors (Lipinski definition) is 2. The minimum Gasteiger partial charge on any atom is -0.375 e. The van der Waals surface area contributed by atoms with Crippen molar-refractivity contribution in [1.82, 2.24) is 19.3 Å². The third kappa shape index (κ3) is 8.13. The monoisotopic (exact) mass is 598 g/mol. The number of allylic oxidation sites excluding steroid dienone is 1. The van der Waals surface area contributed by atoms with Crippen LogP contribution in [0.1, 0.15) is 74.6 Å². The maximum Gasteiger partial charge on any atom is 0.272 e. The molecule has 0 unspecified atom stereocenters. The van der Waals surface area contributed by atoms with Gasteiger partial charge in [-0.05, 0) is 92.8 Å². The fourth-order valence-electron chi connectivity index (χ4n) is 6.19. The lowest BCUT2D eigenvalue weighted by atomic mass is 9.85. The van der Waals surface area contributed by atoms with Gasteiger partial charge in [-0.15, -0.1) is 0 Å². The summed E-state index contributed by atoms with van der Waals surface area (Å²) in [5.41, 5.74) is 7.90. The van der Waals surface area contributed by atoms with Gasteiger partial charge < -0.3 is 25.0 Å². The molecule has 0 aliphatic carbocycles. The van der Waals surface area contributed by atoms with Gasteiger partial charge in [-0.3, -0.25) is 9.69 Å². The van der Waals surface area contributed by atoms with Crippen LogP contribution in [0, 0.1) is 0 Å². The van der Waals surface area contributed by atoms with Gasteiger partial charge in [0.25, 0.3) is 5.91 Å². The summed E-state index contributed by atoms with van der Waals surface area (Å²) in [4.78, 5) is 20.8. The molecule has 7 heteroatoms. The van der Waals surface area contributed by atoms with Crippen LogP contribution in [0.5, 0.6) is 0 Å². The van der Waals surface area contributed by atoms with E-state index in [0.717, 1.165) is 78.2 Å². The van der Waals surface area contributed by atoms with Gasteiger partial charge in [0.1, 0.15) is 5.69 Å². The van der Waals surface area contributed by atoms with E-state index < -0.39 is 0 Å². The number of likely N-dealkylation sites (tertiary alicyclic amines) is 1. The van der Waals surface area contributed by atoms with Crippen molar-refractivity contribution in [1.29, 1.82) is 0 Å². The Balaban J connectivity index is 0.000000657. The number of hydrogen-bond acceptors (Lipinski definition) is 5. The number of anilines is 2. The standard InChI is InChI=1S/C32H43N5O.C5H11N/c1-9-26-27(33-22(3)4)19-25(32(5,6)7)20-28(26)34-31(38)29-18-23-12-11-13-24(30(23)35(29)8)21-37-16-14-36(10-2)15-17-37;1-6-4-2-3-5-6/h10-13,18-20,33H,2-3,9,14-17,21H2,1,4-8H3,(H,34,38);2-5H2,1H3. The number of carbonyl (C=O) groups is 1. The zero-order valence-electron chi connectivity index (χ0n) is 28.2. The van der Waals surface area contributed by atoms with Crippen LogP contribution < -0.4 is 10.6 Å². The smallest absolute Gasteiger partial charge is 0.272 e. The molecule has 2 aliphatic rings. The molecule has 0 bridgehead atoms. The lowest BCUT2D eigenvalue weighted by molar-refractivity contribution is 0.101. The largest absolute Gasteiger partial charge is 0.375 e. The number of aromatic nitrogens is 1. The molecule has 0 saturated carbocycles. The van der Waals surface area contributed by atoms with Gasteiger partial charge in [0.05, 0.1) is 5.52 Å². The van der Waals surface area contributed by atoms with Crippen LogP contribution in [-0.2, 0) is 25.4 Å². The fraction of sp³-hybridized carbons (Fsp3) is 0.486. The molecule has 0 spiro atoms. The van der Waals surface area contributed by atoms with Crippen molar-refractivity contribution in [3.63, 3.8) is 0 Å². The highest BCUT2D eigenvalue weighted by Crippen LogP contribution is 2.35. The van der Waals surface area contributed by atoms with E-state index in [4.69, 9.17) is 0 Å². The number of fused-ring (bicyclic) bond motifs is 1. The van der Waals surface area contributed by atoms with Gasteiger partial charge in [-0.1, -0.05) is 59.1 Å². The Hall–Kier alpha value is -3.55. The lowest BCUT2D eigenvalue weighted by Crippen LogP contribution is -2.43. The predicted molar refractivity (Wildman–Crippen MR) is 188 cm³/mol. The van der Waals surface area contributed by atoms with Crippen LogP contribution in [0.15, 0.2) is 61.5 Å². The molecule has 3 aromatic rings. The SMILES string of the molecule is C=CN1CCN(Cc2cccc3cc(C(=O)Nc4cc(C(C)(C)C)cc(NC(=C)C)c4CC)n(C)c23)CC1.CN1CCCC1. The number of para-hydroxylation sites is 1. The number of nitrogens with one attached hydrogen (secondary N) is 2.